The highest BCUT2D eigenvalue weighted by Crippen LogP contribution is 2.21. The Kier molecular flexibility index (Phi) is 24.2. The first kappa shape index (κ1) is 34.9. The molecular weight excluding hydrogens is 424 g/mol. The van der Waals surface area contributed by atoms with Crippen molar-refractivity contribution >= 4 is 0 Å². The third-order valence-electron chi connectivity index (χ3n) is 8.68. The van der Waals surface area contributed by atoms with E-state index in [1.165, 1.54) is 183 Å². The van der Waals surface area contributed by atoms with Crippen molar-refractivity contribution in [3.63, 3.8) is 0 Å². The first-order valence-corrected chi connectivity index (χ1v) is 16.8. The molecule has 0 radical (unpaired) electrons. The molecule has 0 heterocycles. The van der Waals surface area contributed by atoms with E-state index in [1.807, 2.05) is 0 Å². The summed E-state index contributed by atoms with van der Waals surface area (Å²) in [7, 11) is 0. The summed E-state index contributed by atoms with van der Waals surface area (Å²) in [5, 5.41) is 0. The van der Waals surface area contributed by atoms with E-state index < -0.39 is 0 Å². The van der Waals surface area contributed by atoms with Crippen molar-refractivity contribution in [2.24, 2.45) is 0 Å². The average molecular weight is 497 g/mol. The molecule has 0 saturated carbocycles. The highest BCUT2D eigenvalue weighted by atomic mass is 15.4. The van der Waals surface area contributed by atoms with Crippen molar-refractivity contribution in [3.8, 4) is 0 Å². The van der Waals surface area contributed by atoms with Crippen LogP contribution in [0.3, 0.4) is 0 Å². The van der Waals surface area contributed by atoms with Gasteiger partial charge in [0.05, 0.1) is 52.4 Å². The highest BCUT2D eigenvalue weighted by molar-refractivity contribution is 4.55. The van der Waals surface area contributed by atoms with Gasteiger partial charge in [-0.1, -0.05) is 80.1 Å². The molecule has 0 aromatic heterocycles. The second-order valence-electron chi connectivity index (χ2n) is 12.1. The molecule has 2 nitrogen and oxygen atoms in total. The molecule has 0 aromatic carbocycles. The summed E-state index contributed by atoms with van der Waals surface area (Å²) in [5.74, 6) is 0. The van der Waals surface area contributed by atoms with Crippen molar-refractivity contribution in [1.29, 1.82) is 0 Å². The fourth-order valence-corrected chi connectivity index (χ4v) is 6.27. The topological polar surface area (TPSA) is 0 Å². The van der Waals surface area contributed by atoms with Gasteiger partial charge in [-0.15, -0.1) is 0 Å². The lowest BCUT2D eigenvalue weighted by Gasteiger charge is -2.43. The zero-order valence-corrected chi connectivity index (χ0v) is 26.0. The van der Waals surface area contributed by atoms with Crippen molar-refractivity contribution in [3.05, 3.63) is 0 Å². The van der Waals surface area contributed by atoms with E-state index in [0.717, 1.165) is 0 Å². The van der Waals surface area contributed by atoms with Crippen LogP contribution >= 0.6 is 0 Å². The molecule has 0 unspecified atom stereocenters. The Bertz CT molecular complexity index is 328. The predicted octanol–water partition coefficient (Wildman–Crippen LogP) is 10.2. The number of nitrogens with zero attached hydrogens (tertiary/aromatic N) is 2. The van der Waals surface area contributed by atoms with Gasteiger partial charge in [0.1, 0.15) is 0 Å². The molecule has 0 aliphatic carbocycles. The summed E-state index contributed by atoms with van der Waals surface area (Å²) >= 11 is 0. The second-order valence-corrected chi connectivity index (χ2v) is 12.1. The van der Waals surface area contributed by atoms with Crippen LogP contribution in [0.15, 0.2) is 0 Å². The molecule has 0 saturated heterocycles. The molecule has 212 valence electrons. The van der Waals surface area contributed by atoms with Gasteiger partial charge in [0, 0.05) is 6.42 Å². The largest absolute Gasteiger partial charge is 0.323 e. The fourth-order valence-electron chi connectivity index (χ4n) is 6.27. The first-order chi connectivity index (χ1) is 17.1. The molecule has 0 rings (SSSR count). The van der Waals surface area contributed by atoms with E-state index in [2.05, 4.69) is 41.5 Å². The molecule has 0 aromatic rings. The van der Waals surface area contributed by atoms with Crippen molar-refractivity contribution in [1.82, 2.24) is 0 Å². The zero-order valence-electron chi connectivity index (χ0n) is 26.0. The van der Waals surface area contributed by atoms with E-state index in [1.54, 1.807) is 0 Å². The Labute approximate surface area is 224 Å². The maximum Gasteiger partial charge on any atom is 0.0841 e. The van der Waals surface area contributed by atoms with Gasteiger partial charge in [-0.3, -0.25) is 0 Å². The normalized spacial score (nSPS) is 12.5. The lowest BCUT2D eigenvalue weighted by atomic mass is 10.1. The Morgan fingerprint density at radius 2 is 0.400 bits per heavy atom. The van der Waals surface area contributed by atoms with Crippen molar-refractivity contribution in [2.75, 3.05) is 52.4 Å². The molecule has 0 spiro atoms. The van der Waals surface area contributed by atoms with Crippen molar-refractivity contribution < 1.29 is 8.97 Å². The summed E-state index contributed by atoms with van der Waals surface area (Å²) < 4.78 is 2.89. The standard InChI is InChI=1S/C33H72N2/c1-7-13-19-26-34(27-20-14-8-2,28-21-15-9-3)32-25-33-35(29-22-16-10-4,30-23-17-11-5)31-24-18-12-6/h7-33H2,1-6H3/q+2. The van der Waals surface area contributed by atoms with Gasteiger partial charge in [0.15, 0.2) is 0 Å². The van der Waals surface area contributed by atoms with E-state index in [9.17, 15) is 0 Å². The Morgan fingerprint density at radius 1 is 0.229 bits per heavy atom. The lowest BCUT2D eigenvalue weighted by Crippen LogP contribution is -2.54. The van der Waals surface area contributed by atoms with Crippen LogP contribution in [-0.4, -0.2) is 61.3 Å². The molecule has 35 heavy (non-hydrogen) atoms. The Morgan fingerprint density at radius 3 is 0.571 bits per heavy atom. The van der Waals surface area contributed by atoms with E-state index in [-0.39, 0.29) is 0 Å². The van der Waals surface area contributed by atoms with Crippen LogP contribution in [0, 0.1) is 0 Å². The fraction of sp³-hybridized carbons (Fsp3) is 1.00. The quantitative estimate of drug-likeness (QED) is 0.0746. The van der Waals surface area contributed by atoms with Crippen LogP contribution in [0.4, 0.5) is 0 Å². The molecule has 0 bridgehead atoms. The lowest BCUT2D eigenvalue weighted by molar-refractivity contribution is -0.946. The molecular formula is C33H72N2+2. The van der Waals surface area contributed by atoms with E-state index in [0.29, 0.717) is 0 Å². The van der Waals surface area contributed by atoms with Gasteiger partial charge >= 0.3 is 0 Å². The number of quaternary nitrogens is 2. The second kappa shape index (κ2) is 24.3. The third-order valence-corrected chi connectivity index (χ3v) is 8.68. The van der Waals surface area contributed by atoms with Gasteiger partial charge in [-0.2, -0.15) is 0 Å². The zero-order chi connectivity index (χ0) is 26.1. The maximum atomic E-state index is 2.37. The minimum Gasteiger partial charge on any atom is -0.323 e. The third kappa shape index (κ3) is 17.9. The SMILES string of the molecule is CCCCC[N+](CCCCC)(CCCCC)CCC[N+](CCCCC)(CCCCC)CCCCC. The molecule has 0 fully saturated rings. The summed E-state index contributed by atoms with van der Waals surface area (Å²) in [6.07, 6.45) is 26.8. The summed E-state index contributed by atoms with van der Waals surface area (Å²) in [6, 6.07) is 0. The molecule has 0 atom stereocenters. The van der Waals surface area contributed by atoms with Gasteiger partial charge in [0.2, 0.25) is 0 Å². The Hall–Kier alpha value is -0.0800. The first-order valence-electron chi connectivity index (χ1n) is 16.8. The molecule has 0 aliphatic rings. The van der Waals surface area contributed by atoms with Gasteiger partial charge in [0.25, 0.3) is 0 Å². The number of unbranched alkanes of at least 4 members (excludes halogenated alkanes) is 12. The number of hydrogen-bond donors (Lipinski definition) is 0. The van der Waals surface area contributed by atoms with E-state index >= 15 is 0 Å². The van der Waals surface area contributed by atoms with Crippen LogP contribution in [0.5, 0.6) is 0 Å². The molecule has 0 amide bonds. The van der Waals surface area contributed by atoms with Crippen LogP contribution in [0.1, 0.15) is 164 Å². The van der Waals surface area contributed by atoms with Gasteiger partial charge in [-0.25, -0.2) is 0 Å². The maximum absolute atomic E-state index is 2.37. The van der Waals surface area contributed by atoms with E-state index in [4.69, 9.17) is 0 Å². The molecule has 2 heteroatoms. The Balaban J connectivity index is 5.49. The van der Waals surface area contributed by atoms with Crippen LogP contribution < -0.4 is 0 Å². The molecule has 0 N–H and O–H groups in total. The summed E-state index contributed by atoms with van der Waals surface area (Å²) in [4.78, 5) is 0. The number of hydrogen-bond acceptors (Lipinski definition) is 0. The predicted molar refractivity (Wildman–Crippen MR) is 161 cm³/mol. The number of rotatable bonds is 28. The average Bonchev–Trinajstić information content (AvgIpc) is 2.85. The summed E-state index contributed by atoms with van der Waals surface area (Å²) in [5.41, 5.74) is 0. The van der Waals surface area contributed by atoms with Gasteiger partial charge < -0.3 is 8.97 Å². The minimum atomic E-state index is 1.36. The van der Waals surface area contributed by atoms with Crippen LogP contribution in [-0.2, 0) is 0 Å². The van der Waals surface area contributed by atoms with Crippen LogP contribution in [0.2, 0.25) is 0 Å². The van der Waals surface area contributed by atoms with Crippen molar-refractivity contribution in [2.45, 2.75) is 164 Å². The minimum absolute atomic E-state index is 1.36. The smallest absolute Gasteiger partial charge is 0.0841 e. The molecule has 0 aliphatic heterocycles. The van der Waals surface area contributed by atoms with Crippen LogP contribution in [0.25, 0.3) is 0 Å². The summed E-state index contributed by atoms with van der Waals surface area (Å²) in [6.45, 7) is 25.8. The monoisotopic (exact) mass is 497 g/mol. The highest BCUT2D eigenvalue weighted by Gasteiger charge is 2.30. The van der Waals surface area contributed by atoms with Gasteiger partial charge in [-0.05, 0) is 77.0 Å².